The zero-order valence-electron chi connectivity index (χ0n) is 10.7. The molecular formula is C11H21N5O. The summed E-state index contributed by atoms with van der Waals surface area (Å²) in [4.78, 5) is 8.45. The molecule has 96 valence electrons. The molecule has 0 radical (unpaired) electrons. The van der Waals surface area contributed by atoms with E-state index in [0.717, 1.165) is 25.1 Å². The van der Waals surface area contributed by atoms with Crippen molar-refractivity contribution in [3.63, 3.8) is 0 Å². The maximum atomic E-state index is 5.42. The number of aromatic nitrogens is 1. The lowest BCUT2D eigenvalue weighted by atomic mass is 10.3. The molecule has 0 aliphatic heterocycles. The molecule has 1 atom stereocenters. The third-order valence-electron chi connectivity index (χ3n) is 2.28. The Hall–Kier alpha value is -1.56. The molecule has 0 saturated carbocycles. The van der Waals surface area contributed by atoms with Gasteiger partial charge in [-0.15, -0.1) is 0 Å². The molecule has 1 unspecified atom stereocenters. The van der Waals surface area contributed by atoms with Crippen LogP contribution in [0.25, 0.3) is 0 Å². The van der Waals surface area contributed by atoms with Crippen LogP contribution in [0.15, 0.2) is 15.6 Å². The van der Waals surface area contributed by atoms with E-state index in [1.165, 1.54) is 0 Å². The maximum Gasteiger partial charge on any atom is 0.216 e. The molecule has 6 heteroatoms. The van der Waals surface area contributed by atoms with Gasteiger partial charge in [-0.2, -0.15) is 0 Å². The second kappa shape index (κ2) is 6.90. The summed E-state index contributed by atoms with van der Waals surface area (Å²) in [6.45, 7) is 6.68. The van der Waals surface area contributed by atoms with Gasteiger partial charge in [0, 0.05) is 6.54 Å². The van der Waals surface area contributed by atoms with Crippen LogP contribution in [-0.4, -0.2) is 17.5 Å². The van der Waals surface area contributed by atoms with Crippen molar-refractivity contribution >= 4 is 5.96 Å². The zero-order chi connectivity index (χ0) is 12.7. The SMILES string of the molecule is CCCCN=C(NN)NC(C)c1ncc(C)o1. The highest BCUT2D eigenvalue weighted by molar-refractivity contribution is 5.79. The Labute approximate surface area is 102 Å². The van der Waals surface area contributed by atoms with Gasteiger partial charge in [-0.05, 0) is 20.3 Å². The number of oxazole rings is 1. The van der Waals surface area contributed by atoms with Crippen LogP contribution < -0.4 is 16.6 Å². The van der Waals surface area contributed by atoms with E-state index in [1.807, 2.05) is 13.8 Å². The molecule has 1 heterocycles. The number of guanidine groups is 1. The van der Waals surface area contributed by atoms with E-state index in [2.05, 4.69) is 27.6 Å². The van der Waals surface area contributed by atoms with Gasteiger partial charge in [0.15, 0.2) is 0 Å². The first-order valence-electron chi connectivity index (χ1n) is 5.87. The highest BCUT2D eigenvalue weighted by Crippen LogP contribution is 2.11. The first kappa shape index (κ1) is 13.5. The smallest absolute Gasteiger partial charge is 0.216 e. The number of rotatable bonds is 5. The van der Waals surface area contributed by atoms with Crippen LogP contribution >= 0.6 is 0 Å². The summed E-state index contributed by atoms with van der Waals surface area (Å²) < 4.78 is 5.42. The summed E-state index contributed by atoms with van der Waals surface area (Å²) >= 11 is 0. The molecule has 1 aromatic heterocycles. The van der Waals surface area contributed by atoms with Crippen molar-refractivity contribution in [2.45, 2.75) is 39.7 Å². The van der Waals surface area contributed by atoms with E-state index in [-0.39, 0.29) is 6.04 Å². The van der Waals surface area contributed by atoms with Gasteiger partial charge >= 0.3 is 0 Å². The van der Waals surface area contributed by atoms with E-state index < -0.39 is 0 Å². The van der Waals surface area contributed by atoms with Crippen molar-refractivity contribution in [3.05, 3.63) is 17.8 Å². The van der Waals surface area contributed by atoms with E-state index in [1.54, 1.807) is 6.20 Å². The van der Waals surface area contributed by atoms with Crippen LogP contribution in [-0.2, 0) is 0 Å². The third-order valence-corrected chi connectivity index (χ3v) is 2.28. The average Bonchev–Trinajstić information content (AvgIpc) is 2.74. The summed E-state index contributed by atoms with van der Waals surface area (Å²) in [5.41, 5.74) is 2.54. The fourth-order valence-electron chi connectivity index (χ4n) is 1.32. The molecular weight excluding hydrogens is 218 g/mol. The van der Waals surface area contributed by atoms with Crippen molar-refractivity contribution in [1.82, 2.24) is 15.7 Å². The number of nitrogens with zero attached hydrogens (tertiary/aromatic N) is 2. The summed E-state index contributed by atoms with van der Waals surface area (Å²) in [5.74, 6) is 7.37. The van der Waals surface area contributed by atoms with Crippen molar-refractivity contribution in [2.75, 3.05) is 6.54 Å². The topological polar surface area (TPSA) is 88.5 Å². The Morgan fingerprint density at radius 1 is 1.65 bits per heavy atom. The summed E-state index contributed by atoms with van der Waals surface area (Å²) in [5, 5.41) is 3.11. The third kappa shape index (κ3) is 4.44. The summed E-state index contributed by atoms with van der Waals surface area (Å²) in [7, 11) is 0. The number of nitrogens with one attached hydrogen (secondary N) is 2. The van der Waals surface area contributed by atoms with E-state index in [0.29, 0.717) is 11.9 Å². The van der Waals surface area contributed by atoms with Crippen LogP contribution in [0.5, 0.6) is 0 Å². The lowest BCUT2D eigenvalue weighted by Crippen LogP contribution is -2.42. The van der Waals surface area contributed by atoms with Gasteiger partial charge in [0.05, 0.1) is 6.20 Å². The predicted octanol–water partition coefficient (Wildman–Crippen LogP) is 1.25. The van der Waals surface area contributed by atoms with Gasteiger partial charge in [-0.3, -0.25) is 10.4 Å². The first-order valence-corrected chi connectivity index (χ1v) is 5.87. The van der Waals surface area contributed by atoms with Crippen molar-refractivity contribution < 1.29 is 4.42 Å². The Morgan fingerprint density at radius 3 is 2.94 bits per heavy atom. The number of nitrogens with two attached hydrogens (primary N) is 1. The largest absolute Gasteiger partial charge is 0.444 e. The Morgan fingerprint density at radius 2 is 2.41 bits per heavy atom. The first-order chi connectivity index (χ1) is 8.17. The molecule has 0 saturated heterocycles. The predicted molar refractivity (Wildman–Crippen MR) is 67.3 cm³/mol. The molecule has 0 aromatic carbocycles. The molecule has 6 nitrogen and oxygen atoms in total. The van der Waals surface area contributed by atoms with Gasteiger partial charge in [0.25, 0.3) is 0 Å². The van der Waals surface area contributed by atoms with Crippen molar-refractivity contribution in [3.8, 4) is 0 Å². The monoisotopic (exact) mass is 239 g/mol. The summed E-state index contributed by atoms with van der Waals surface area (Å²) in [6, 6.07) is -0.0693. The fourth-order valence-corrected chi connectivity index (χ4v) is 1.32. The standard InChI is InChI=1S/C11H21N5O/c1-4-5-6-13-11(16-12)15-9(3)10-14-7-8(2)17-10/h7,9H,4-6,12H2,1-3H3,(H2,13,15,16). The van der Waals surface area contributed by atoms with Crippen LogP contribution in [0.3, 0.4) is 0 Å². The van der Waals surface area contributed by atoms with E-state index in [9.17, 15) is 0 Å². The second-order valence-corrected chi connectivity index (χ2v) is 3.90. The molecule has 0 bridgehead atoms. The molecule has 0 amide bonds. The van der Waals surface area contributed by atoms with Crippen LogP contribution in [0, 0.1) is 6.92 Å². The average molecular weight is 239 g/mol. The van der Waals surface area contributed by atoms with Gasteiger partial charge in [-0.1, -0.05) is 13.3 Å². The molecule has 1 rings (SSSR count). The number of hydrazine groups is 1. The van der Waals surface area contributed by atoms with E-state index in [4.69, 9.17) is 10.3 Å². The number of hydrogen-bond acceptors (Lipinski definition) is 4. The molecule has 0 fully saturated rings. The highest BCUT2D eigenvalue weighted by Gasteiger charge is 2.12. The van der Waals surface area contributed by atoms with Crippen LogP contribution in [0.1, 0.15) is 44.4 Å². The second-order valence-electron chi connectivity index (χ2n) is 3.90. The van der Waals surface area contributed by atoms with Crippen LogP contribution in [0.2, 0.25) is 0 Å². The molecule has 0 aliphatic rings. The van der Waals surface area contributed by atoms with Gasteiger partial charge in [0.2, 0.25) is 11.9 Å². The lowest BCUT2D eigenvalue weighted by molar-refractivity contribution is 0.427. The fraction of sp³-hybridized carbons (Fsp3) is 0.636. The molecule has 0 aliphatic carbocycles. The minimum atomic E-state index is -0.0693. The maximum absolute atomic E-state index is 5.42. The Balaban J connectivity index is 2.53. The van der Waals surface area contributed by atoms with E-state index >= 15 is 0 Å². The quantitative estimate of drug-likeness (QED) is 0.237. The molecule has 1 aromatic rings. The van der Waals surface area contributed by atoms with Crippen LogP contribution in [0.4, 0.5) is 0 Å². The molecule has 0 spiro atoms. The number of hydrogen-bond donors (Lipinski definition) is 3. The highest BCUT2D eigenvalue weighted by atomic mass is 16.4. The Kier molecular flexibility index (Phi) is 5.48. The Bertz CT molecular complexity index is 360. The zero-order valence-corrected chi connectivity index (χ0v) is 10.7. The van der Waals surface area contributed by atoms with Gasteiger partial charge in [-0.25, -0.2) is 10.8 Å². The van der Waals surface area contributed by atoms with Gasteiger partial charge in [0.1, 0.15) is 11.8 Å². The number of aryl methyl sites for hydroxylation is 1. The molecule has 17 heavy (non-hydrogen) atoms. The van der Waals surface area contributed by atoms with Crippen molar-refractivity contribution in [1.29, 1.82) is 0 Å². The number of aliphatic imine (C=N–C) groups is 1. The molecule has 4 N–H and O–H groups in total. The minimum Gasteiger partial charge on any atom is -0.444 e. The normalized spacial score (nSPS) is 13.5. The summed E-state index contributed by atoms with van der Waals surface area (Å²) in [6.07, 6.45) is 3.84. The van der Waals surface area contributed by atoms with Crippen molar-refractivity contribution in [2.24, 2.45) is 10.8 Å². The minimum absolute atomic E-state index is 0.0693. The number of unbranched alkanes of at least 4 members (excludes halogenated alkanes) is 1. The van der Waals surface area contributed by atoms with Gasteiger partial charge < -0.3 is 9.73 Å². The lowest BCUT2D eigenvalue weighted by Gasteiger charge is -2.13.